The Balaban J connectivity index is 5.13. The molecule has 17 heavy (non-hydrogen) atoms. The third-order valence-electron chi connectivity index (χ3n) is 1.52. The molecule has 4 nitrogen and oxygen atoms in total. The first kappa shape index (κ1) is 16.3. The van der Waals surface area contributed by atoms with Crippen molar-refractivity contribution in [1.82, 2.24) is 0 Å². The fraction of sp³-hybridized carbons (Fsp3) is 0.636. The van der Waals surface area contributed by atoms with E-state index in [9.17, 15) is 4.79 Å². The summed E-state index contributed by atoms with van der Waals surface area (Å²) in [6.07, 6.45) is 0. The van der Waals surface area contributed by atoms with Crippen LogP contribution in [0.3, 0.4) is 0 Å². The molecule has 0 aliphatic heterocycles. The molecule has 0 unspecified atom stereocenters. The standard InChI is InChI=1S/C11H17Cl2NO3/c1-6-16-10(15)8(7(2)9(12)13)14-17-11(3,4)5/h6H2,1-5H3/b14-8-. The van der Waals surface area contributed by atoms with Gasteiger partial charge in [0.15, 0.2) is 5.71 Å². The molecule has 0 amide bonds. The number of halogens is 2. The number of hydrogen-bond donors (Lipinski definition) is 0. The highest BCUT2D eigenvalue weighted by atomic mass is 35.5. The lowest BCUT2D eigenvalue weighted by atomic mass is 10.2. The minimum atomic E-state index is -0.618. The number of nitrogens with zero attached hydrogens (tertiary/aromatic N) is 1. The van der Waals surface area contributed by atoms with Crippen molar-refractivity contribution in [2.24, 2.45) is 5.16 Å². The summed E-state index contributed by atoms with van der Waals surface area (Å²) < 4.78 is 4.79. The molecule has 0 aliphatic rings. The second-order valence-electron chi connectivity index (χ2n) is 4.25. The zero-order valence-corrected chi connectivity index (χ0v) is 12.1. The van der Waals surface area contributed by atoms with Crippen LogP contribution in [0.2, 0.25) is 0 Å². The van der Waals surface area contributed by atoms with Crippen molar-refractivity contribution in [3.8, 4) is 0 Å². The van der Waals surface area contributed by atoms with E-state index in [2.05, 4.69) is 5.16 Å². The molecule has 0 rings (SSSR count). The van der Waals surface area contributed by atoms with Crippen LogP contribution in [0.5, 0.6) is 0 Å². The van der Waals surface area contributed by atoms with Gasteiger partial charge in [-0.1, -0.05) is 28.4 Å². The number of carbonyl (C=O) groups excluding carboxylic acids is 1. The van der Waals surface area contributed by atoms with Gasteiger partial charge in [-0.2, -0.15) is 0 Å². The maximum atomic E-state index is 11.6. The van der Waals surface area contributed by atoms with Crippen molar-refractivity contribution < 1.29 is 14.4 Å². The van der Waals surface area contributed by atoms with Crippen molar-refractivity contribution in [2.75, 3.05) is 6.61 Å². The van der Waals surface area contributed by atoms with Crippen molar-refractivity contribution >= 4 is 34.9 Å². The molecular formula is C11H17Cl2NO3. The molecule has 0 radical (unpaired) electrons. The summed E-state index contributed by atoms with van der Waals surface area (Å²) in [7, 11) is 0. The van der Waals surface area contributed by atoms with E-state index in [4.69, 9.17) is 32.8 Å². The smallest absolute Gasteiger partial charge is 0.360 e. The number of esters is 1. The number of hydrogen-bond acceptors (Lipinski definition) is 4. The summed E-state index contributed by atoms with van der Waals surface area (Å²) in [6.45, 7) is 8.92. The number of rotatable bonds is 4. The highest BCUT2D eigenvalue weighted by Gasteiger charge is 2.20. The average Bonchev–Trinajstić information content (AvgIpc) is 2.16. The molecular weight excluding hydrogens is 265 g/mol. The normalized spacial score (nSPS) is 12.1. The molecule has 0 aliphatic carbocycles. The first-order valence-corrected chi connectivity index (χ1v) is 5.90. The van der Waals surface area contributed by atoms with Gasteiger partial charge in [-0.05, 0) is 34.6 Å². The van der Waals surface area contributed by atoms with E-state index in [-0.39, 0.29) is 16.8 Å². The topological polar surface area (TPSA) is 47.9 Å². The van der Waals surface area contributed by atoms with Gasteiger partial charge in [0.05, 0.1) is 6.61 Å². The first-order valence-electron chi connectivity index (χ1n) is 5.14. The Kier molecular flexibility index (Phi) is 6.57. The molecule has 0 fully saturated rings. The summed E-state index contributed by atoms with van der Waals surface area (Å²) >= 11 is 11.2. The SMILES string of the molecule is CCOC(=O)/C(=N\OC(C)(C)C)C(C)=C(Cl)Cl. The lowest BCUT2D eigenvalue weighted by Crippen LogP contribution is -2.23. The van der Waals surface area contributed by atoms with Crippen LogP contribution < -0.4 is 0 Å². The molecule has 0 aromatic rings. The minimum Gasteiger partial charge on any atom is -0.461 e. The molecule has 0 heterocycles. The highest BCUT2D eigenvalue weighted by Crippen LogP contribution is 2.17. The molecule has 0 bridgehead atoms. The van der Waals surface area contributed by atoms with Gasteiger partial charge in [-0.15, -0.1) is 0 Å². The maximum Gasteiger partial charge on any atom is 0.360 e. The van der Waals surface area contributed by atoms with Gasteiger partial charge in [0.2, 0.25) is 0 Å². The van der Waals surface area contributed by atoms with E-state index in [0.717, 1.165) is 0 Å². The summed E-state index contributed by atoms with van der Waals surface area (Å²) in [5, 5.41) is 3.75. The van der Waals surface area contributed by atoms with E-state index < -0.39 is 11.6 Å². The van der Waals surface area contributed by atoms with Gasteiger partial charge in [0, 0.05) is 5.57 Å². The number of oxime groups is 1. The molecule has 0 saturated heterocycles. The Bertz CT molecular complexity index is 339. The fourth-order valence-corrected chi connectivity index (χ4v) is 0.909. The maximum absolute atomic E-state index is 11.6. The fourth-order valence-electron chi connectivity index (χ4n) is 0.730. The van der Waals surface area contributed by atoms with Crippen LogP contribution in [0.25, 0.3) is 0 Å². The largest absolute Gasteiger partial charge is 0.461 e. The summed E-state index contributed by atoms with van der Waals surface area (Å²) in [5.41, 5.74) is -0.227. The van der Waals surface area contributed by atoms with Crippen molar-refractivity contribution in [2.45, 2.75) is 40.2 Å². The van der Waals surface area contributed by atoms with Crippen LogP contribution in [-0.2, 0) is 14.4 Å². The van der Waals surface area contributed by atoms with Gasteiger partial charge >= 0.3 is 5.97 Å². The molecule has 0 atom stereocenters. The van der Waals surface area contributed by atoms with Gasteiger partial charge in [0.25, 0.3) is 0 Å². The third kappa shape index (κ3) is 6.54. The van der Waals surface area contributed by atoms with Crippen molar-refractivity contribution in [3.63, 3.8) is 0 Å². The summed E-state index contributed by atoms with van der Waals surface area (Å²) in [4.78, 5) is 16.8. The van der Waals surface area contributed by atoms with E-state index in [1.807, 2.05) is 0 Å². The predicted octanol–water partition coefficient (Wildman–Crippen LogP) is 3.43. The Hall–Kier alpha value is -0.740. The van der Waals surface area contributed by atoms with E-state index in [1.165, 1.54) is 0 Å². The van der Waals surface area contributed by atoms with Crippen molar-refractivity contribution in [3.05, 3.63) is 10.1 Å². The molecule has 0 saturated carbocycles. The van der Waals surface area contributed by atoms with Crippen LogP contribution in [0.4, 0.5) is 0 Å². The van der Waals surface area contributed by atoms with Crippen LogP contribution in [0.15, 0.2) is 15.2 Å². The van der Waals surface area contributed by atoms with Gasteiger partial charge in [-0.25, -0.2) is 4.79 Å². The molecule has 98 valence electrons. The van der Waals surface area contributed by atoms with Crippen LogP contribution in [0.1, 0.15) is 34.6 Å². The molecule has 0 N–H and O–H groups in total. The van der Waals surface area contributed by atoms with E-state index in [0.29, 0.717) is 5.57 Å². The lowest BCUT2D eigenvalue weighted by Gasteiger charge is -2.16. The lowest BCUT2D eigenvalue weighted by molar-refractivity contribution is -0.135. The number of ether oxygens (including phenoxy) is 1. The first-order chi connectivity index (χ1) is 7.69. The predicted molar refractivity (Wildman–Crippen MR) is 69.3 cm³/mol. The van der Waals surface area contributed by atoms with E-state index in [1.54, 1.807) is 34.6 Å². The second kappa shape index (κ2) is 6.87. The molecule has 0 aromatic heterocycles. The van der Waals surface area contributed by atoms with E-state index >= 15 is 0 Å². The second-order valence-corrected chi connectivity index (χ2v) is 5.20. The van der Waals surface area contributed by atoms with Crippen LogP contribution >= 0.6 is 23.2 Å². The Morgan fingerprint density at radius 2 is 1.82 bits per heavy atom. The quantitative estimate of drug-likeness (QED) is 0.451. The van der Waals surface area contributed by atoms with Crippen molar-refractivity contribution in [1.29, 1.82) is 0 Å². The Morgan fingerprint density at radius 1 is 1.29 bits per heavy atom. The summed E-state index contributed by atoms with van der Waals surface area (Å²) in [5.74, 6) is -0.618. The Morgan fingerprint density at radius 3 is 2.18 bits per heavy atom. The Labute approximate surface area is 112 Å². The minimum absolute atomic E-state index is 0.0261. The monoisotopic (exact) mass is 281 g/mol. The van der Waals surface area contributed by atoms with Gasteiger partial charge in [0.1, 0.15) is 10.1 Å². The van der Waals surface area contributed by atoms with Crippen LogP contribution in [-0.4, -0.2) is 23.9 Å². The van der Waals surface area contributed by atoms with Gasteiger partial charge in [-0.3, -0.25) is 0 Å². The van der Waals surface area contributed by atoms with Crippen LogP contribution in [0, 0.1) is 0 Å². The molecule has 0 aromatic carbocycles. The molecule has 6 heteroatoms. The highest BCUT2D eigenvalue weighted by molar-refractivity contribution is 6.59. The zero-order valence-electron chi connectivity index (χ0n) is 10.6. The average molecular weight is 282 g/mol. The third-order valence-corrected chi connectivity index (χ3v) is 2.09. The molecule has 0 spiro atoms. The zero-order chi connectivity index (χ0) is 13.6. The van der Waals surface area contributed by atoms with Gasteiger partial charge < -0.3 is 9.57 Å². The number of carbonyl (C=O) groups is 1. The summed E-state index contributed by atoms with van der Waals surface area (Å²) in [6, 6.07) is 0.